The molecule has 2 aromatic carbocycles. The number of benzene rings is 2. The summed E-state index contributed by atoms with van der Waals surface area (Å²) in [5, 5.41) is 2.89. The number of nitrogens with one attached hydrogen (secondary N) is 1. The number of carbonyl (C=O) groups excluding carboxylic acids is 2. The third-order valence-electron chi connectivity index (χ3n) is 5.50. The Hall–Kier alpha value is -3.80. The summed E-state index contributed by atoms with van der Waals surface area (Å²) in [6.45, 7) is 10.8. The zero-order valence-electron chi connectivity index (χ0n) is 20.2. The topological polar surface area (TPSA) is 65.8 Å². The molecule has 0 aliphatic carbocycles. The zero-order chi connectivity index (χ0) is 24.5. The summed E-state index contributed by atoms with van der Waals surface area (Å²) in [5.74, 6) is 1.73. The molecular formula is C28H33N3O3. The Morgan fingerprint density at radius 2 is 1.68 bits per heavy atom. The Balaban J connectivity index is 1.72. The first-order valence-corrected chi connectivity index (χ1v) is 11.5. The maximum absolute atomic E-state index is 13.3. The van der Waals surface area contributed by atoms with Gasteiger partial charge in [0.1, 0.15) is 18.1 Å². The van der Waals surface area contributed by atoms with E-state index in [4.69, 9.17) is 4.42 Å². The van der Waals surface area contributed by atoms with E-state index in [-0.39, 0.29) is 25.0 Å². The van der Waals surface area contributed by atoms with Crippen molar-refractivity contribution in [3.63, 3.8) is 0 Å². The molecule has 0 fully saturated rings. The highest BCUT2D eigenvalue weighted by atomic mass is 16.3. The van der Waals surface area contributed by atoms with Crippen molar-refractivity contribution in [2.75, 3.05) is 18.4 Å². The first kappa shape index (κ1) is 24.8. The Kier molecular flexibility index (Phi) is 8.68. The number of urea groups is 1. The first-order valence-electron chi connectivity index (χ1n) is 11.5. The van der Waals surface area contributed by atoms with Crippen LogP contribution < -0.4 is 5.32 Å². The third-order valence-corrected chi connectivity index (χ3v) is 5.50. The number of hydrogen-bond donors (Lipinski definition) is 1. The summed E-state index contributed by atoms with van der Waals surface area (Å²) in [6, 6.07) is 20.9. The van der Waals surface area contributed by atoms with Gasteiger partial charge in [0.05, 0.1) is 6.54 Å². The number of rotatable bonds is 10. The van der Waals surface area contributed by atoms with E-state index in [0.29, 0.717) is 30.5 Å². The minimum absolute atomic E-state index is 0.0749. The smallest absolute Gasteiger partial charge is 0.322 e. The number of furan rings is 1. The minimum atomic E-state index is -0.348. The number of aryl methyl sites for hydroxylation is 1. The highest BCUT2D eigenvalue weighted by molar-refractivity contribution is 5.92. The van der Waals surface area contributed by atoms with Crippen molar-refractivity contribution in [1.82, 2.24) is 9.80 Å². The van der Waals surface area contributed by atoms with Crippen LogP contribution >= 0.6 is 0 Å². The molecule has 0 radical (unpaired) electrons. The quantitative estimate of drug-likeness (QED) is 0.380. The van der Waals surface area contributed by atoms with Gasteiger partial charge in [-0.2, -0.15) is 0 Å². The molecule has 6 nitrogen and oxygen atoms in total. The van der Waals surface area contributed by atoms with Crippen LogP contribution in [0.5, 0.6) is 0 Å². The van der Waals surface area contributed by atoms with E-state index in [2.05, 4.69) is 25.7 Å². The van der Waals surface area contributed by atoms with Crippen molar-refractivity contribution >= 4 is 17.6 Å². The first-order chi connectivity index (χ1) is 16.4. The van der Waals surface area contributed by atoms with Crippen LogP contribution in [0.4, 0.5) is 10.5 Å². The molecule has 1 aromatic heterocycles. The molecule has 0 atom stereocenters. The molecule has 0 spiro atoms. The van der Waals surface area contributed by atoms with Crippen LogP contribution in [0.1, 0.15) is 42.4 Å². The summed E-state index contributed by atoms with van der Waals surface area (Å²) in [7, 11) is 0. The average Bonchev–Trinajstić information content (AvgIpc) is 3.23. The minimum Gasteiger partial charge on any atom is -0.464 e. The molecule has 0 saturated heterocycles. The van der Waals surface area contributed by atoms with E-state index in [0.717, 1.165) is 11.3 Å². The van der Waals surface area contributed by atoms with Gasteiger partial charge in [0.25, 0.3) is 0 Å². The number of amides is 3. The van der Waals surface area contributed by atoms with Gasteiger partial charge in [-0.3, -0.25) is 4.79 Å². The van der Waals surface area contributed by atoms with Crippen LogP contribution in [0.25, 0.3) is 0 Å². The second-order valence-electron chi connectivity index (χ2n) is 8.62. The van der Waals surface area contributed by atoms with Gasteiger partial charge in [-0.05, 0) is 48.2 Å². The molecule has 6 heteroatoms. The summed E-state index contributed by atoms with van der Waals surface area (Å²) >= 11 is 0. The van der Waals surface area contributed by atoms with Gasteiger partial charge in [0.15, 0.2) is 0 Å². The molecule has 0 bridgehead atoms. The lowest BCUT2D eigenvalue weighted by Crippen LogP contribution is -2.44. The molecule has 0 saturated carbocycles. The fourth-order valence-corrected chi connectivity index (χ4v) is 3.59. The van der Waals surface area contributed by atoms with Gasteiger partial charge < -0.3 is 19.5 Å². The third kappa shape index (κ3) is 7.10. The zero-order valence-corrected chi connectivity index (χ0v) is 20.2. The molecule has 1 N–H and O–H groups in total. The summed E-state index contributed by atoms with van der Waals surface area (Å²) in [5.41, 5.74) is 2.88. The van der Waals surface area contributed by atoms with E-state index < -0.39 is 0 Å². The van der Waals surface area contributed by atoms with E-state index in [1.165, 1.54) is 10.5 Å². The molecule has 0 unspecified atom stereocenters. The SMILES string of the molecule is C=CCN(CC(=O)N(Cc1ccccc1)Cc1ccc(C)o1)C(=O)Nc1ccc(C(C)C)cc1. The molecular weight excluding hydrogens is 426 g/mol. The second kappa shape index (κ2) is 11.9. The van der Waals surface area contributed by atoms with Gasteiger partial charge in [0.2, 0.25) is 5.91 Å². The number of carbonyl (C=O) groups is 2. The summed E-state index contributed by atoms with van der Waals surface area (Å²) < 4.78 is 5.70. The lowest BCUT2D eigenvalue weighted by molar-refractivity contribution is -0.133. The summed E-state index contributed by atoms with van der Waals surface area (Å²) in [6.07, 6.45) is 1.62. The van der Waals surface area contributed by atoms with Crippen molar-refractivity contribution < 1.29 is 14.0 Å². The lowest BCUT2D eigenvalue weighted by Gasteiger charge is -2.27. The normalized spacial score (nSPS) is 10.7. The molecule has 3 aromatic rings. The molecule has 1 heterocycles. The predicted molar refractivity (Wildman–Crippen MR) is 135 cm³/mol. The summed E-state index contributed by atoms with van der Waals surface area (Å²) in [4.78, 5) is 29.5. The van der Waals surface area contributed by atoms with Crippen LogP contribution in [0.3, 0.4) is 0 Å². The fraction of sp³-hybridized carbons (Fsp3) is 0.286. The van der Waals surface area contributed by atoms with Crippen molar-refractivity contribution in [3.05, 3.63) is 102 Å². The second-order valence-corrected chi connectivity index (χ2v) is 8.62. The average molecular weight is 460 g/mol. The van der Waals surface area contributed by atoms with Gasteiger partial charge in [-0.15, -0.1) is 6.58 Å². The molecule has 34 heavy (non-hydrogen) atoms. The number of hydrogen-bond acceptors (Lipinski definition) is 3. The Bertz CT molecular complexity index is 1090. The monoisotopic (exact) mass is 459 g/mol. The van der Waals surface area contributed by atoms with E-state index in [9.17, 15) is 9.59 Å². The maximum atomic E-state index is 13.3. The van der Waals surface area contributed by atoms with Crippen LogP contribution in [0.15, 0.2) is 83.8 Å². The van der Waals surface area contributed by atoms with Gasteiger partial charge in [0, 0.05) is 18.8 Å². The van der Waals surface area contributed by atoms with Crippen LogP contribution in [-0.2, 0) is 17.9 Å². The fourth-order valence-electron chi connectivity index (χ4n) is 3.59. The molecule has 3 rings (SSSR count). The largest absolute Gasteiger partial charge is 0.464 e. The predicted octanol–water partition coefficient (Wildman–Crippen LogP) is 5.96. The standard InChI is InChI=1S/C28H33N3O3/c1-5-17-30(28(33)29-25-14-12-24(13-15-25)21(2)3)20-27(32)31(18-23-9-7-6-8-10-23)19-26-16-11-22(4)34-26/h5-16,21H,1,17-20H2,2-4H3,(H,29,33). The number of nitrogens with zero attached hydrogens (tertiary/aromatic N) is 2. The van der Waals surface area contributed by atoms with Crippen LogP contribution in [0.2, 0.25) is 0 Å². The molecule has 0 aliphatic rings. The van der Waals surface area contributed by atoms with Gasteiger partial charge >= 0.3 is 6.03 Å². The highest BCUT2D eigenvalue weighted by Gasteiger charge is 2.22. The maximum Gasteiger partial charge on any atom is 0.322 e. The molecule has 0 aliphatic heterocycles. The van der Waals surface area contributed by atoms with Crippen molar-refractivity contribution in [2.45, 2.75) is 39.8 Å². The van der Waals surface area contributed by atoms with E-state index >= 15 is 0 Å². The van der Waals surface area contributed by atoms with Crippen molar-refractivity contribution in [1.29, 1.82) is 0 Å². The van der Waals surface area contributed by atoms with Gasteiger partial charge in [-0.1, -0.05) is 62.4 Å². The molecule has 178 valence electrons. The lowest BCUT2D eigenvalue weighted by atomic mass is 10.0. The Labute approximate surface area is 201 Å². The van der Waals surface area contributed by atoms with Crippen molar-refractivity contribution in [3.8, 4) is 0 Å². The van der Waals surface area contributed by atoms with Crippen LogP contribution in [0, 0.1) is 6.92 Å². The van der Waals surface area contributed by atoms with Gasteiger partial charge in [-0.25, -0.2) is 4.79 Å². The van der Waals surface area contributed by atoms with E-state index in [1.54, 1.807) is 11.0 Å². The number of anilines is 1. The van der Waals surface area contributed by atoms with Crippen LogP contribution in [-0.4, -0.2) is 34.8 Å². The Morgan fingerprint density at radius 1 is 0.971 bits per heavy atom. The highest BCUT2D eigenvalue weighted by Crippen LogP contribution is 2.18. The molecule has 3 amide bonds. The van der Waals surface area contributed by atoms with E-state index in [1.807, 2.05) is 73.7 Å². The van der Waals surface area contributed by atoms with Crippen molar-refractivity contribution in [2.24, 2.45) is 0 Å². The Morgan fingerprint density at radius 3 is 2.26 bits per heavy atom.